The van der Waals surface area contributed by atoms with Gasteiger partial charge in [-0.05, 0) is 61.7 Å². The largest absolute Gasteiger partial charge is 0.488 e. The number of likely N-dealkylation sites (N-methyl/N-ethyl adjacent to an activating group) is 1. The number of fused-ring (bicyclic) bond motifs is 1. The van der Waals surface area contributed by atoms with Crippen molar-refractivity contribution < 1.29 is 18.8 Å². The summed E-state index contributed by atoms with van der Waals surface area (Å²) in [6.07, 6.45) is 0. The molecule has 0 saturated carbocycles. The van der Waals surface area contributed by atoms with Crippen LogP contribution in [0.3, 0.4) is 0 Å². The van der Waals surface area contributed by atoms with Crippen molar-refractivity contribution in [3.05, 3.63) is 88.3 Å². The summed E-state index contributed by atoms with van der Waals surface area (Å²) >= 11 is 0. The van der Waals surface area contributed by atoms with E-state index >= 15 is 0 Å². The van der Waals surface area contributed by atoms with E-state index in [4.69, 9.17) is 9.26 Å². The van der Waals surface area contributed by atoms with Crippen LogP contribution < -0.4 is 10.1 Å². The highest BCUT2D eigenvalue weighted by atomic mass is 16.5. The number of aryl methyl sites for hydroxylation is 4. The maximum Gasteiger partial charge on any atom is 0.257 e. The predicted octanol–water partition coefficient (Wildman–Crippen LogP) is 5.35. The average molecular weight is 472 g/mol. The van der Waals surface area contributed by atoms with E-state index in [1.807, 2.05) is 76.2 Å². The number of amides is 2. The van der Waals surface area contributed by atoms with Gasteiger partial charge in [-0.25, -0.2) is 0 Å². The number of carbonyl (C=O) groups excluding carboxylic acids is 2. The summed E-state index contributed by atoms with van der Waals surface area (Å²) in [5, 5.41) is 8.77. The Balaban J connectivity index is 1.57. The lowest BCUT2D eigenvalue weighted by molar-refractivity contribution is -0.116. The molecule has 0 spiro atoms. The molecule has 7 nitrogen and oxygen atoms in total. The van der Waals surface area contributed by atoms with Gasteiger partial charge in [-0.1, -0.05) is 47.6 Å². The minimum atomic E-state index is -0.304. The molecule has 0 aliphatic heterocycles. The van der Waals surface area contributed by atoms with Gasteiger partial charge in [0.15, 0.2) is 0 Å². The molecule has 3 aromatic carbocycles. The lowest BCUT2D eigenvalue weighted by Crippen LogP contribution is -2.35. The van der Waals surface area contributed by atoms with Crippen LogP contribution >= 0.6 is 0 Å². The molecule has 1 aromatic heterocycles. The third-order valence-electron chi connectivity index (χ3n) is 6.10. The summed E-state index contributed by atoms with van der Waals surface area (Å²) in [6.45, 7) is 7.68. The van der Waals surface area contributed by atoms with Crippen molar-refractivity contribution in [1.29, 1.82) is 0 Å². The molecule has 4 rings (SSSR count). The maximum atomic E-state index is 13.5. The smallest absolute Gasteiger partial charge is 0.257 e. The van der Waals surface area contributed by atoms with E-state index in [1.165, 1.54) is 4.90 Å². The number of hydrogen-bond donors (Lipinski definition) is 1. The van der Waals surface area contributed by atoms with Crippen molar-refractivity contribution in [2.45, 2.75) is 34.3 Å². The van der Waals surface area contributed by atoms with Crippen molar-refractivity contribution in [2.75, 3.05) is 18.9 Å². The van der Waals surface area contributed by atoms with Gasteiger partial charge in [0.2, 0.25) is 5.91 Å². The summed E-state index contributed by atoms with van der Waals surface area (Å²) in [6, 6.07) is 17.2. The molecule has 0 saturated heterocycles. The second kappa shape index (κ2) is 10.0. The molecular weight excluding hydrogens is 442 g/mol. The standard InChI is InChI=1S/C28H29N3O4/c1-17-9-8-10-18(2)27(17)29-26(32)15-31(5)28(33)23-13-21-11-6-7-12-22(21)14-25(23)34-16-24-19(3)30-35-20(24)4/h6-14H,15-16H2,1-5H3,(H,29,32). The summed E-state index contributed by atoms with van der Waals surface area (Å²) < 4.78 is 11.3. The lowest BCUT2D eigenvalue weighted by Gasteiger charge is -2.20. The number of rotatable bonds is 7. The number of aromatic nitrogens is 1. The molecule has 0 radical (unpaired) electrons. The van der Waals surface area contributed by atoms with E-state index in [9.17, 15) is 9.59 Å². The number of para-hydroxylation sites is 1. The Bertz CT molecular complexity index is 1370. The zero-order valence-corrected chi connectivity index (χ0v) is 20.6. The lowest BCUT2D eigenvalue weighted by atomic mass is 10.0. The summed E-state index contributed by atoms with van der Waals surface area (Å²) in [5.74, 6) is 0.547. The SMILES string of the molecule is Cc1cccc(C)c1NC(=O)CN(C)C(=O)c1cc2ccccc2cc1OCc1c(C)noc1C. The van der Waals surface area contributed by atoms with E-state index in [-0.39, 0.29) is 25.0 Å². The first-order valence-electron chi connectivity index (χ1n) is 11.4. The molecule has 0 fully saturated rings. The first-order valence-corrected chi connectivity index (χ1v) is 11.4. The summed E-state index contributed by atoms with van der Waals surface area (Å²) in [5.41, 5.74) is 4.69. The van der Waals surface area contributed by atoms with Gasteiger partial charge in [0.05, 0.1) is 23.4 Å². The van der Waals surface area contributed by atoms with Crippen LogP contribution in [0.5, 0.6) is 5.75 Å². The minimum absolute atomic E-state index is 0.0945. The highest BCUT2D eigenvalue weighted by Crippen LogP contribution is 2.29. The monoisotopic (exact) mass is 471 g/mol. The van der Waals surface area contributed by atoms with Crippen molar-refractivity contribution in [2.24, 2.45) is 0 Å². The van der Waals surface area contributed by atoms with Crippen LogP contribution in [0.15, 0.2) is 59.1 Å². The fourth-order valence-electron chi connectivity index (χ4n) is 4.05. The third kappa shape index (κ3) is 5.19. The molecule has 1 N–H and O–H groups in total. The van der Waals surface area contributed by atoms with E-state index < -0.39 is 0 Å². The Morgan fingerprint density at radius 1 is 0.971 bits per heavy atom. The van der Waals surface area contributed by atoms with Crippen LogP contribution in [0.25, 0.3) is 10.8 Å². The van der Waals surface area contributed by atoms with Crippen LogP contribution in [0, 0.1) is 27.7 Å². The molecule has 0 unspecified atom stereocenters. The van der Waals surface area contributed by atoms with Crippen molar-refractivity contribution in [1.82, 2.24) is 10.1 Å². The van der Waals surface area contributed by atoms with Gasteiger partial charge >= 0.3 is 0 Å². The van der Waals surface area contributed by atoms with Crippen molar-refractivity contribution >= 4 is 28.3 Å². The Morgan fingerprint density at radius 3 is 2.26 bits per heavy atom. The van der Waals surface area contributed by atoms with Gasteiger partial charge in [-0.3, -0.25) is 9.59 Å². The molecule has 4 aromatic rings. The van der Waals surface area contributed by atoms with Gasteiger partial charge < -0.3 is 19.5 Å². The molecule has 0 aliphatic carbocycles. The third-order valence-corrected chi connectivity index (χ3v) is 6.10. The molecule has 35 heavy (non-hydrogen) atoms. The number of nitrogens with one attached hydrogen (secondary N) is 1. The highest BCUT2D eigenvalue weighted by molar-refractivity contribution is 6.04. The molecular formula is C28H29N3O4. The summed E-state index contributed by atoms with van der Waals surface area (Å²) in [4.78, 5) is 27.6. The first-order chi connectivity index (χ1) is 16.7. The first kappa shape index (κ1) is 24.0. The molecule has 1 heterocycles. The van der Waals surface area contributed by atoms with E-state index in [0.29, 0.717) is 17.1 Å². The molecule has 180 valence electrons. The summed E-state index contributed by atoms with van der Waals surface area (Å²) in [7, 11) is 1.61. The van der Waals surface area contributed by atoms with Crippen molar-refractivity contribution in [3.63, 3.8) is 0 Å². The van der Waals surface area contributed by atoms with E-state index in [1.54, 1.807) is 13.1 Å². The van der Waals surface area contributed by atoms with Crippen LogP contribution in [-0.2, 0) is 11.4 Å². The molecule has 2 amide bonds. The second-order valence-corrected chi connectivity index (χ2v) is 8.76. The molecule has 0 bridgehead atoms. The minimum Gasteiger partial charge on any atom is -0.488 e. The Hall–Kier alpha value is -4.13. The number of carbonyl (C=O) groups is 2. The van der Waals surface area contributed by atoms with E-state index in [0.717, 1.165) is 38.8 Å². The van der Waals surface area contributed by atoms with Crippen LogP contribution in [-0.4, -0.2) is 35.5 Å². The van der Waals surface area contributed by atoms with Gasteiger partial charge in [-0.15, -0.1) is 0 Å². The Kier molecular flexibility index (Phi) is 6.87. The fraction of sp³-hybridized carbons (Fsp3) is 0.250. The quantitative estimate of drug-likeness (QED) is 0.393. The Morgan fingerprint density at radius 2 is 1.63 bits per heavy atom. The Labute approximate surface area is 204 Å². The molecule has 0 aliphatic rings. The van der Waals surface area contributed by atoms with Gasteiger partial charge in [-0.2, -0.15) is 0 Å². The van der Waals surface area contributed by atoms with Gasteiger partial charge in [0.25, 0.3) is 5.91 Å². The highest BCUT2D eigenvalue weighted by Gasteiger charge is 2.21. The zero-order valence-electron chi connectivity index (χ0n) is 20.6. The van der Waals surface area contributed by atoms with Crippen molar-refractivity contribution in [3.8, 4) is 5.75 Å². The van der Waals surface area contributed by atoms with Crippen LogP contribution in [0.4, 0.5) is 5.69 Å². The van der Waals surface area contributed by atoms with Crippen LogP contribution in [0.2, 0.25) is 0 Å². The second-order valence-electron chi connectivity index (χ2n) is 8.76. The van der Waals surface area contributed by atoms with E-state index in [2.05, 4.69) is 10.5 Å². The average Bonchev–Trinajstić information content (AvgIpc) is 3.16. The van der Waals surface area contributed by atoms with Gasteiger partial charge in [0, 0.05) is 12.7 Å². The topological polar surface area (TPSA) is 84.7 Å². The number of anilines is 1. The predicted molar refractivity (Wildman–Crippen MR) is 136 cm³/mol. The fourth-order valence-corrected chi connectivity index (χ4v) is 4.05. The number of nitrogens with zero attached hydrogens (tertiary/aromatic N) is 2. The number of benzene rings is 3. The molecule has 0 atom stereocenters. The maximum absolute atomic E-state index is 13.5. The van der Waals surface area contributed by atoms with Gasteiger partial charge in [0.1, 0.15) is 18.1 Å². The number of ether oxygens (including phenoxy) is 1. The zero-order chi connectivity index (χ0) is 25.1. The normalized spacial score (nSPS) is 10.9. The number of hydrogen-bond acceptors (Lipinski definition) is 5. The van der Waals surface area contributed by atoms with Crippen LogP contribution in [0.1, 0.15) is 38.5 Å². The molecule has 7 heteroatoms.